The molecule has 94 valence electrons. The van der Waals surface area contributed by atoms with Gasteiger partial charge >= 0.3 is 5.97 Å². The third-order valence-electron chi connectivity index (χ3n) is 2.24. The highest BCUT2D eigenvalue weighted by Gasteiger charge is 2.22. The average Bonchev–Trinajstić information content (AvgIpc) is 2.27. The smallest absolute Gasteiger partial charge is 0.309 e. The van der Waals surface area contributed by atoms with Crippen LogP contribution in [0, 0.1) is 5.92 Å². The van der Waals surface area contributed by atoms with Crippen LogP contribution < -0.4 is 0 Å². The van der Waals surface area contributed by atoms with Crippen LogP contribution in [0.4, 0.5) is 0 Å². The fourth-order valence-corrected chi connectivity index (χ4v) is 3.16. The number of methoxy groups -OCH3 is 1. The van der Waals surface area contributed by atoms with Gasteiger partial charge in [0, 0.05) is 12.4 Å². The van der Waals surface area contributed by atoms with Crippen molar-refractivity contribution >= 4 is 15.8 Å². The van der Waals surface area contributed by atoms with Gasteiger partial charge < -0.3 is 4.74 Å². The molecule has 1 atom stereocenters. The van der Waals surface area contributed by atoms with Crippen molar-refractivity contribution < 1.29 is 17.9 Å². The number of nitrogens with zero attached hydrogens (tertiary/aromatic N) is 1. The summed E-state index contributed by atoms with van der Waals surface area (Å²) >= 11 is 0. The molecule has 0 fully saturated rings. The molecule has 0 radical (unpaired) electrons. The lowest BCUT2D eigenvalue weighted by atomic mass is 10.2. The SMILES string of the molecule is COC(=O)C(C)CS(=O)(=O)Cc1ccncc1. The zero-order valence-electron chi connectivity index (χ0n) is 9.79. The van der Waals surface area contributed by atoms with Gasteiger partial charge in [0.15, 0.2) is 9.84 Å². The summed E-state index contributed by atoms with van der Waals surface area (Å²) in [5, 5.41) is 0. The quantitative estimate of drug-likeness (QED) is 0.730. The van der Waals surface area contributed by atoms with E-state index >= 15 is 0 Å². The van der Waals surface area contributed by atoms with E-state index in [9.17, 15) is 13.2 Å². The first kappa shape index (κ1) is 13.6. The topological polar surface area (TPSA) is 73.3 Å². The van der Waals surface area contributed by atoms with E-state index in [4.69, 9.17) is 0 Å². The summed E-state index contributed by atoms with van der Waals surface area (Å²) in [4.78, 5) is 15.0. The average molecular weight is 257 g/mol. The molecule has 0 saturated carbocycles. The van der Waals surface area contributed by atoms with Crippen molar-refractivity contribution in [2.75, 3.05) is 12.9 Å². The zero-order valence-corrected chi connectivity index (χ0v) is 10.6. The summed E-state index contributed by atoms with van der Waals surface area (Å²) in [6.45, 7) is 1.54. The molecule has 6 heteroatoms. The molecule has 0 aliphatic carbocycles. The van der Waals surface area contributed by atoms with Crippen LogP contribution in [0.2, 0.25) is 0 Å². The number of esters is 1. The Kier molecular flexibility index (Phi) is 4.62. The van der Waals surface area contributed by atoms with Crippen LogP contribution in [0.3, 0.4) is 0 Å². The second kappa shape index (κ2) is 5.77. The van der Waals surface area contributed by atoms with Gasteiger partial charge in [-0.25, -0.2) is 8.42 Å². The summed E-state index contributed by atoms with van der Waals surface area (Å²) in [6.07, 6.45) is 3.07. The number of aromatic nitrogens is 1. The van der Waals surface area contributed by atoms with Gasteiger partial charge in [0.05, 0.1) is 24.5 Å². The lowest BCUT2D eigenvalue weighted by Gasteiger charge is -2.09. The highest BCUT2D eigenvalue weighted by Crippen LogP contribution is 2.10. The van der Waals surface area contributed by atoms with Crippen LogP contribution in [-0.2, 0) is 25.1 Å². The van der Waals surface area contributed by atoms with Gasteiger partial charge in [-0.2, -0.15) is 0 Å². The molecule has 0 amide bonds. The number of sulfone groups is 1. The van der Waals surface area contributed by atoms with E-state index in [1.165, 1.54) is 26.4 Å². The molecule has 1 aromatic heterocycles. The van der Waals surface area contributed by atoms with Crippen LogP contribution in [0.1, 0.15) is 12.5 Å². The molecule has 17 heavy (non-hydrogen) atoms. The van der Waals surface area contributed by atoms with Gasteiger partial charge in [-0.3, -0.25) is 9.78 Å². The Labute approximate surface area is 101 Å². The molecule has 1 aromatic rings. The Hall–Kier alpha value is -1.43. The molecule has 1 heterocycles. The van der Waals surface area contributed by atoms with Gasteiger partial charge in [-0.05, 0) is 17.7 Å². The van der Waals surface area contributed by atoms with Crippen molar-refractivity contribution in [2.24, 2.45) is 5.92 Å². The minimum absolute atomic E-state index is 0.0865. The van der Waals surface area contributed by atoms with Crippen LogP contribution in [0.15, 0.2) is 24.5 Å². The van der Waals surface area contributed by atoms with Gasteiger partial charge in [-0.1, -0.05) is 6.92 Å². The Morgan fingerprint density at radius 3 is 2.53 bits per heavy atom. The third kappa shape index (κ3) is 4.52. The predicted octanol–water partition coefficient (Wildman–Crippen LogP) is 0.805. The number of ether oxygens (including phenoxy) is 1. The molecule has 0 aliphatic heterocycles. The minimum Gasteiger partial charge on any atom is -0.469 e. The summed E-state index contributed by atoms with van der Waals surface area (Å²) < 4.78 is 28.1. The first-order valence-electron chi connectivity index (χ1n) is 5.12. The summed E-state index contributed by atoms with van der Waals surface area (Å²) in [7, 11) is -2.07. The van der Waals surface area contributed by atoms with Gasteiger partial charge in [-0.15, -0.1) is 0 Å². The third-order valence-corrected chi connectivity index (χ3v) is 4.02. The van der Waals surface area contributed by atoms with E-state index in [-0.39, 0.29) is 11.5 Å². The molecule has 1 rings (SSSR count). The first-order chi connectivity index (χ1) is 7.94. The second-order valence-electron chi connectivity index (χ2n) is 3.83. The van der Waals surface area contributed by atoms with Crippen LogP contribution in [0.25, 0.3) is 0 Å². The minimum atomic E-state index is -3.32. The standard InChI is InChI=1S/C11H15NO4S/c1-9(11(13)16-2)7-17(14,15)8-10-3-5-12-6-4-10/h3-6,9H,7-8H2,1-2H3. The summed E-state index contributed by atoms with van der Waals surface area (Å²) in [5.41, 5.74) is 0.664. The van der Waals surface area contributed by atoms with Gasteiger partial charge in [0.2, 0.25) is 0 Å². The van der Waals surface area contributed by atoms with Gasteiger partial charge in [0.25, 0.3) is 0 Å². The Morgan fingerprint density at radius 1 is 1.41 bits per heavy atom. The maximum atomic E-state index is 11.8. The second-order valence-corrected chi connectivity index (χ2v) is 5.94. The van der Waals surface area contributed by atoms with Crippen molar-refractivity contribution in [3.8, 4) is 0 Å². The van der Waals surface area contributed by atoms with Crippen molar-refractivity contribution in [1.82, 2.24) is 4.98 Å². The van der Waals surface area contributed by atoms with Crippen LogP contribution >= 0.6 is 0 Å². The number of pyridine rings is 1. The lowest BCUT2D eigenvalue weighted by molar-refractivity contribution is -0.144. The molecule has 0 saturated heterocycles. The largest absolute Gasteiger partial charge is 0.469 e. The zero-order chi connectivity index (χ0) is 12.9. The molecule has 5 nitrogen and oxygen atoms in total. The first-order valence-corrected chi connectivity index (χ1v) is 6.94. The summed E-state index contributed by atoms with van der Waals surface area (Å²) in [5.74, 6) is -1.45. The van der Waals surface area contributed by atoms with Crippen molar-refractivity contribution in [3.05, 3.63) is 30.1 Å². The maximum Gasteiger partial charge on any atom is 0.309 e. The predicted molar refractivity (Wildman–Crippen MR) is 62.9 cm³/mol. The highest BCUT2D eigenvalue weighted by atomic mass is 32.2. The van der Waals surface area contributed by atoms with E-state index in [1.54, 1.807) is 12.1 Å². The van der Waals surface area contributed by atoms with Crippen molar-refractivity contribution in [2.45, 2.75) is 12.7 Å². The van der Waals surface area contributed by atoms with Crippen molar-refractivity contribution in [3.63, 3.8) is 0 Å². The molecule has 0 aromatic carbocycles. The molecule has 0 N–H and O–H groups in total. The number of carbonyl (C=O) groups excluding carboxylic acids is 1. The van der Waals surface area contributed by atoms with E-state index in [1.807, 2.05) is 0 Å². The van der Waals surface area contributed by atoms with Crippen LogP contribution in [0.5, 0.6) is 0 Å². The Balaban J connectivity index is 2.67. The van der Waals surface area contributed by atoms with E-state index in [0.29, 0.717) is 5.56 Å². The molecule has 1 unspecified atom stereocenters. The van der Waals surface area contributed by atoms with E-state index in [2.05, 4.69) is 9.72 Å². The van der Waals surface area contributed by atoms with E-state index < -0.39 is 21.7 Å². The number of hydrogen-bond acceptors (Lipinski definition) is 5. The van der Waals surface area contributed by atoms with Crippen LogP contribution in [-0.4, -0.2) is 32.2 Å². The molecule has 0 bridgehead atoms. The lowest BCUT2D eigenvalue weighted by Crippen LogP contribution is -2.23. The molecule has 0 spiro atoms. The Bertz CT molecular complexity index is 470. The fourth-order valence-electron chi connectivity index (χ4n) is 1.44. The van der Waals surface area contributed by atoms with E-state index in [0.717, 1.165) is 0 Å². The fraction of sp³-hybridized carbons (Fsp3) is 0.455. The highest BCUT2D eigenvalue weighted by molar-refractivity contribution is 7.90. The monoisotopic (exact) mass is 257 g/mol. The van der Waals surface area contributed by atoms with Gasteiger partial charge in [0.1, 0.15) is 0 Å². The van der Waals surface area contributed by atoms with Crippen molar-refractivity contribution in [1.29, 1.82) is 0 Å². The number of carbonyl (C=O) groups is 1. The molecular formula is C11H15NO4S. The number of rotatable bonds is 5. The molecule has 0 aliphatic rings. The molecular weight excluding hydrogens is 242 g/mol. The summed E-state index contributed by atoms with van der Waals surface area (Å²) in [6, 6.07) is 3.28. The Morgan fingerprint density at radius 2 is 2.00 bits per heavy atom. The maximum absolute atomic E-state index is 11.8. The number of hydrogen-bond donors (Lipinski definition) is 0. The normalized spacial score (nSPS) is 13.1.